The van der Waals surface area contributed by atoms with Crippen molar-refractivity contribution in [2.24, 2.45) is 0 Å². The van der Waals surface area contributed by atoms with E-state index in [4.69, 9.17) is 4.74 Å². The van der Waals surface area contributed by atoms with Gasteiger partial charge in [0, 0.05) is 0 Å². The standard InChI is InChI=1S/C25H24N2O5S/c1-18-10-14-21(15-11-18)33(30,31)26-16-25(29)32-17-24(28)27-22-8-4-2-6-19(22)12-13-20-7-3-5-9-23(20)27/h2-11,14-15,26H,12-13,16-17H2,1H3. The number of aryl methyl sites for hydroxylation is 3. The van der Waals surface area contributed by atoms with Crippen LogP contribution in [-0.4, -0.2) is 33.4 Å². The van der Waals surface area contributed by atoms with Gasteiger partial charge in [0.25, 0.3) is 5.91 Å². The minimum absolute atomic E-state index is 0.0507. The highest BCUT2D eigenvalue weighted by Crippen LogP contribution is 2.35. The van der Waals surface area contributed by atoms with Gasteiger partial charge < -0.3 is 4.74 Å². The molecule has 0 spiro atoms. The van der Waals surface area contributed by atoms with Crippen LogP contribution < -0.4 is 9.62 Å². The van der Waals surface area contributed by atoms with E-state index in [0.717, 1.165) is 40.9 Å². The monoisotopic (exact) mass is 464 g/mol. The zero-order chi connectivity index (χ0) is 23.4. The number of esters is 1. The van der Waals surface area contributed by atoms with Gasteiger partial charge in [-0.2, -0.15) is 4.72 Å². The highest BCUT2D eigenvalue weighted by molar-refractivity contribution is 7.89. The summed E-state index contributed by atoms with van der Waals surface area (Å²) in [5, 5.41) is 0. The number of ether oxygens (including phenoxy) is 1. The number of nitrogens with one attached hydrogen (secondary N) is 1. The number of para-hydroxylation sites is 2. The lowest BCUT2D eigenvalue weighted by molar-refractivity contribution is -0.146. The van der Waals surface area contributed by atoms with Crippen LogP contribution in [-0.2, 0) is 37.2 Å². The van der Waals surface area contributed by atoms with Crippen molar-refractivity contribution in [1.29, 1.82) is 0 Å². The van der Waals surface area contributed by atoms with Crippen molar-refractivity contribution in [2.75, 3.05) is 18.1 Å². The number of fused-ring (bicyclic) bond motifs is 2. The van der Waals surface area contributed by atoms with Crippen LogP contribution in [0.15, 0.2) is 77.7 Å². The van der Waals surface area contributed by atoms with E-state index in [0.29, 0.717) is 0 Å². The summed E-state index contributed by atoms with van der Waals surface area (Å²) < 4.78 is 32.0. The lowest BCUT2D eigenvalue weighted by Crippen LogP contribution is -2.35. The van der Waals surface area contributed by atoms with Crippen molar-refractivity contribution in [1.82, 2.24) is 4.72 Å². The van der Waals surface area contributed by atoms with Gasteiger partial charge >= 0.3 is 5.97 Å². The number of carbonyl (C=O) groups is 2. The average molecular weight is 465 g/mol. The Morgan fingerprint density at radius 2 is 1.42 bits per heavy atom. The van der Waals surface area contributed by atoms with Crippen LogP contribution in [0.3, 0.4) is 0 Å². The number of amides is 1. The Hall–Kier alpha value is -3.49. The number of sulfonamides is 1. The van der Waals surface area contributed by atoms with Crippen molar-refractivity contribution < 1.29 is 22.7 Å². The van der Waals surface area contributed by atoms with Gasteiger partial charge in [-0.25, -0.2) is 8.42 Å². The van der Waals surface area contributed by atoms with Gasteiger partial charge in [-0.3, -0.25) is 14.5 Å². The molecule has 1 aliphatic rings. The summed E-state index contributed by atoms with van der Waals surface area (Å²) in [5.74, 6) is -1.25. The smallest absolute Gasteiger partial charge is 0.321 e. The quantitative estimate of drug-likeness (QED) is 0.565. The van der Waals surface area contributed by atoms with Crippen molar-refractivity contribution in [3.63, 3.8) is 0 Å². The molecule has 0 fully saturated rings. The Labute approximate surface area is 193 Å². The molecule has 1 amide bonds. The molecule has 0 saturated carbocycles. The van der Waals surface area contributed by atoms with E-state index < -0.39 is 35.1 Å². The molecule has 8 heteroatoms. The van der Waals surface area contributed by atoms with Crippen LogP contribution >= 0.6 is 0 Å². The molecule has 3 aromatic carbocycles. The van der Waals surface area contributed by atoms with Crippen molar-refractivity contribution in [2.45, 2.75) is 24.7 Å². The maximum atomic E-state index is 13.1. The zero-order valence-electron chi connectivity index (χ0n) is 18.2. The van der Waals surface area contributed by atoms with Crippen LogP contribution in [0.5, 0.6) is 0 Å². The summed E-state index contributed by atoms with van der Waals surface area (Å²) in [6.45, 7) is 0.768. The summed E-state index contributed by atoms with van der Waals surface area (Å²) in [4.78, 5) is 27.0. The Morgan fingerprint density at radius 3 is 2.00 bits per heavy atom. The lowest BCUT2D eigenvalue weighted by atomic mass is 10.0. The van der Waals surface area contributed by atoms with Crippen LogP contribution in [0.25, 0.3) is 0 Å². The predicted molar refractivity (Wildman–Crippen MR) is 125 cm³/mol. The van der Waals surface area contributed by atoms with Crippen LogP contribution in [0.2, 0.25) is 0 Å². The fourth-order valence-electron chi connectivity index (χ4n) is 3.76. The van der Waals surface area contributed by atoms with Crippen LogP contribution in [0, 0.1) is 6.92 Å². The number of rotatable bonds is 6. The number of carbonyl (C=O) groups excluding carboxylic acids is 2. The first-order valence-corrected chi connectivity index (χ1v) is 12.0. The van der Waals surface area contributed by atoms with Gasteiger partial charge in [0.2, 0.25) is 10.0 Å². The first-order valence-electron chi connectivity index (χ1n) is 10.6. The highest BCUT2D eigenvalue weighted by Gasteiger charge is 2.26. The molecular formula is C25H24N2O5S. The third kappa shape index (κ3) is 5.13. The molecule has 1 aliphatic heterocycles. The first-order chi connectivity index (χ1) is 15.8. The summed E-state index contributed by atoms with van der Waals surface area (Å²) in [5.41, 5.74) is 4.48. The molecule has 7 nitrogen and oxygen atoms in total. The molecule has 0 aliphatic carbocycles. The summed E-state index contributed by atoms with van der Waals surface area (Å²) >= 11 is 0. The van der Waals surface area contributed by atoms with E-state index in [1.54, 1.807) is 17.0 Å². The number of anilines is 2. The van der Waals surface area contributed by atoms with Crippen LogP contribution in [0.4, 0.5) is 11.4 Å². The molecule has 0 unspecified atom stereocenters. The summed E-state index contributed by atoms with van der Waals surface area (Å²) in [6.07, 6.45) is 1.58. The third-order valence-electron chi connectivity index (χ3n) is 5.47. The minimum Gasteiger partial charge on any atom is -0.455 e. The van der Waals surface area contributed by atoms with E-state index in [9.17, 15) is 18.0 Å². The second-order valence-electron chi connectivity index (χ2n) is 7.78. The van der Waals surface area contributed by atoms with E-state index >= 15 is 0 Å². The molecular weight excluding hydrogens is 440 g/mol. The molecule has 0 bridgehead atoms. The molecule has 33 heavy (non-hydrogen) atoms. The largest absolute Gasteiger partial charge is 0.455 e. The maximum Gasteiger partial charge on any atom is 0.321 e. The Kier molecular flexibility index (Phi) is 6.57. The number of nitrogens with zero attached hydrogens (tertiary/aromatic N) is 1. The fraction of sp³-hybridized carbons (Fsp3) is 0.200. The average Bonchev–Trinajstić information content (AvgIpc) is 2.98. The van der Waals surface area contributed by atoms with E-state index in [1.807, 2.05) is 55.5 Å². The zero-order valence-corrected chi connectivity index (χ0v) is 19.0. The van der Waals surface area contributed by atoms with Gasteiger partial charge in [-0.1, -0.05) is 54.1 Å². The van der Waals surface area contributed by atoms with Gasteiger partial charge in [0.05, 0.1) is 16.3 Å². The van der Waals surface area contributed by atoms with Crippen molar-refractivity contribution in [3.8, 4) is 0 Å². The Balaban J connectivity index is 1.44. The molecule has 170 valence electrons. The van der Waals surface area contributed by atoms with E-state index in [1.165, 1.54) is 12.1 Å². The first kappa shape index (κ1) is 22.7. The van der Waals surface area contributed by atoms with Crippen molar-refractivity contribution in [3.05, 3.63) is 89.5 Å². The van der Waals surface area contributed by atoms with E-state index in [2.05, 4.69) is 4.72 Å². The minimum atomic E-state index is -3.86. The highest BCUT2D eigenvalue weighted by atomic mass is 32.2. The molecule has 4 rings (SSSR count). The molecule has 1 heterocycles. The van der Waals surface area contributed by atoms with Crippen molar-refractivity contribution >= 4 is 33.3 Å². The number of hydrogen-bond acceptors (Lipinski definition) is 5. The second kappa shape index (κ2) is 9.56. The second-order valence-corrected chi connectivity index (χ2v) is 9.55. The summed E-state index contributed by atoms with van der Waals surface area (Å²) in [7, 11) is -3.86. The molecule has 1 N–H and O–H groups in total. The summed E-state index contributed by atoms with van der Waals surface area (Å²) in [6, 6.07) is 21.5. The van der Waals surface area contributed by atoms with Gasteiger partial charge in [0.15, 0.2) is 6.61 Å². The molecule has 0 atom stereocenters. The predicted octanol–water partition coefficient (Wildman–Crippen LogP) is 3.28. The Morgan fingerprint density at radius 1 is 0.879 bits per heavy atom. The molecule has 0 radical (unpaired) electrons. The normalized spacial score (nSPS) is 12.9. The van der Waals surface area contributed by atoms with Gasteiger partial charge in [0.1, 0.15) is 6.54 Å². The number of benzene rings is 3. The molecule has 0 saturated heterocycles. The Bertz CT molecular complexity index is 1240. The van der Waals surface area contributed by atoms with Crippen LogP contribution in [0.1, 0.15) is 16.7 Å². The lowest BCUT2D eigenvalue weighted by Gasteiger charge is -2.24. The molecule has 3 aromatic rings. The molecule has 0 aromatic heterocycles. The maximum absolute atomic E-state index is 13.1. The SMILES string of the molecule is Cc1ccc(S(=O)(=O)NCC(=O)OCC(=O)N2c3ccccc3CCc3ccccc32)cc1. The third-order valence-corrected chi connectivity index (χ3v) is 6.89. The topological polar surface area (TPSA) is 92.8 Å². The van der Waals surface area contributed by atoms with E-state index in [-0.39, 0.29) is 4.90 Å². The number of hydrogen-bond donors (Lipinski definition) is 1. The fourth-order valence-corrected chi connectivity index (χ4v) is 4.73. The van der Waals surface area contributed by atoms with Gasteiger partial charge in [-0.15, -0.1) is 0 Å². The van der Waals surface area contributed by atoms with Gasteiger partial charge in [-0.05, 0) is 55.2 Å².